The molecule has 0 saturated heterocycles. The first-order chi connectivity index (χ1) is 8.38. The second-order valence-corrected chi connectivity index (χ2v) is 5.06. The molecule has 90 valence electrons. The molecule has 0 radical (unpaired) electrons. The highest BCUT2D eigenvalue weighted by Crippen LogP contribution is 2.12. The van der Waals surface area contributed by atoms with Crippen LogP contribution in [-0.2, 0) is 12.8 Å². The van der Waals surface area contributed by atoms with E-state index >= 15 is 0 Å². The predicted molar refractivity (Wildman–Crippen MR) is 75.6 cm³/mol. The third-order valence-corrected chi connectivity index (χ3v) is 3.61. The highest BCUT2D eigenvalue weighted by atomic mass is 32.1. The first-order valence-electron chi connectivity index (χ1n) is 6.17. The van der Waals surface area contributed by atoms with E-state index in [1.807, 2.05) is 0 Å². The Morgan fingerprint density at radius 2 is 1.82 bits per heavy atom. The van der Waals surface area contributed by atoms with E-state index in [1.165, 1.54) is 11.1 Å². The topological polar surface area (TPSA) is 12.0 Å². The number of benzene rings is 1. The molecule has 0 amide bonds. The van der Waals surface area contributed by atoms with Crippen LogP contribution in [0.5, 0.6) is 0 Å². The van der Waals surface area contributed by atoms with Gasteiger partial charge in [-0.15, -0.1) is 0 Å². The zero-order valence-corrected chi connectivity index (χ0v) is 11.0. The highest BCUT2D eigenvalue weighted by molar-refractivity contribution is 7.07. The van der Waals surface area contributed by atoms with E-state index in [0.717, 1.165) is 19.4 Å². The van der Waals surface area contributed by atoms with Crippen molar-refractivity contribution in [2.45, 2.75) is 25.8 Å². The Balaban J connectivity index is 1.97. The molecule has 1 aromatic carbocycles. The monoisotopic (exact) mass is 245 g/mol. The van der Waals surface area contributed by atoms with Crippen LogP contribution in [0.25, 0.3) is 0 Å². The van der Waals surface area contributed by atoms with Crippen LogP contribution in [0.2, 0.25) is 0 Å². The lowest BCUT2D eigenvalue weighted by Gasteiger charge is -2.17. The first kappa shape index (κ1) is 12.3. The summed E-state index contributed by atoms with van der Waals surface area (Å²) in [6.45, 7) is 3.20. The molecule has 2 aromatic rings. The van der Waals surface area contributed by atoms with E-state index in [2.05, 4.69) is 59.4 Å². The summed E-state index contributed by atoms with van der Waals surface area (Å²) >= 11 is 1.78. The van der Waals surface area contributed by atoms with Crippen LogP contribution in [0.1, 0.15) is 18.1 Å². The first-order valence-corrected chi connectivity index (χ1v) is 7.11. The van der Waals surface area contributed by atoms with Crippen LogP contribution in [0.3, 0.4) is 0 Å². The van der Waals surface area contributed by atoms with Crippen molar-refractivity contribution >= 4 is 11.3 Å². The van der Waals surface area contributed by atoms with Crippen molar-refractivity contribution in [1.82, 2.24) is 5.32 Å². The van der Waals surface area contributed by atoms with Crippen molar-refractivity contribution in [2.24, 2.45) is 0 Å². The molecule has 1 aromatic heterocycles. The lowest BCUT2D eigenvalue weighted by molar-refractivity contribution is 0.522. The maximum Gasteiger partial charge on any atom is 0.0148 e. The van der Waals surface area contributed by atoms with E-state index in [4.69, 9.17) is 0 Å². The van der Waals surface area contributed by atoms with Gasteiger partial charge in [-0.2, -0.15) is 11.3 Å². The summed E-state index contributed by atoms with van der Waals surface area (Å²) in [6, 6.07) is 13.5. The van der Waals surface area contributed by atoms with Gasteiger partial charge in [-0.25, -0.2) is 0 Å². The second-order valence-electron chi connectivity index (χ2n) is 4.28. The molecule has 0 fully saturated rings. The van der Waals surface area contributed by atoms with Crippen LogP contribution >= 0.6 is 11.3 Å². The summed E-state index contributed by atoms with van der Waals surface area (Å²) in [4.78, 5) is 0. The Morgan fingerprint density at radius 3 is 2.47 bits per heavy atom. The van der Waals surface area contributed by atoms with E-state index in [9.17, 15) is 0 Å². The van der Waals surface area contributed by atoms with Gasteiger partial charge >= 0.3 is 0 Å². The number of nitrogens with one attached hydrogen (secondary N) is 1. The van der Waals surface area contributed by atoms with E-state index in [0.29, 0.717) is 6.04 Å². The van der Waals surface area contributed by atoms with E-state index in [-0.39, 0.29) is 0 Å². The molecule has 0 aliphatic carbocycles. The zero-order chi connectivity index (χ0) is 11.9. The smallest absolute Gasteiger partial charge is 0.0148 e. The van der Waals surface area contributed by atoms with Crippen LogP contribution < -0.4 is 5.32 Å². The average Bonchev–Trinajstić information content (AvgIpc) is 2.83. The summed E-state index contributed by atoms with van der Waals surface area (Å²) < 4.78 is 0. The number of likely N-dealkylation sites (N-methyl/N-ethyl adjacent to an activating group) is 1. The molecule has 1 heterocycles. The quantitative estimate of drug-likeness (QED) is 0.821. The molecular formula is C15H19NS. The average molecular weight is 245 g/mol. The van der Waals surface area contributed by atoms with Gasteiger partial charge in [-0.05, 0) is 47.3 Å². The molecule has 2 heteroatoms. The minimum atomic E-state index is 0.539. The Hall–Kier alpha value is -1.12. The summed E-state index contributed by atoms with van der Waals surface area (Å²) in [6.07, 6.45) is 2.22. The number of thiophene rings is 1. The fourth-order valence-electron chi connectivity index (χ4n) is 2.10. The highest BCUT2D eigenvalue weighted by Gasteiger charge is 2.09. The summed E-state index contributed by atoms with van der Waals surface area (Å²) in [5.74, 6) is 0. The summed E-state index contributed by atoms with van der Waals surface area (Å²) in [5, 5.41) is 7.97. The van der Waals surface area contributed by atoms with Crippen LogP contribution in [-0.4, -0.2) is 12.6 Å². The molecule has 1 nitrogen and oxygen atoms in total. The van der Waals surface area contributed by atoms with Gasteiger partial charge in [0.25, 0.3) is 0 Å². The molecule has 2 rings (SSSR count). The maximum absolute atomic E-state index is 3.57. The number of rotatable bonds is 6. The molecule has 0 aliphatic heterocycles. The van der Waals surface area contributed by atoms with Crippen molar-refractivity contribution in [3.63, 3.8) is 0 Å². The molecule has 0 saturated carbocycles. The Morgan fingerprint density at radius 1 is 1.06 bits per heavy atom. The van der Waals surface area contributed by atoms with Gasteiger partial charge in [0.2, 0.25) is 0 Å². The molecule has 17 heavy (non-hydrogen) atoms. The van der Waals surface area contributed by atoms with Crippen LogP contribution in [0, 0.1) is 0 Å². The van der Waals surface area contributed by atoms with Crippen molar-refractivity contribution < 1.29 is 0 Å². The summed E-state index contributed by atoms with van der Waals surface area (Å²) in [7, 11) is 0. The van der Waals surface area contributed by atoms with Gasteiger partial charge in [-0.3, -0.25) is 0 Å². The third kappa shape index (κ3) is 3.99. The summed E-state index contributed by atoms with van der Waals surface area (Å²) in [5.41, 5.74) is 2.85. The van der Waals surface area contributed by atoms with E-state index in [1.54, 1.807) is 11.3 Å². The number of hydrogen-bond donors (Lipinski definition) is 1. The Labute approximate surface area is 108 Å². The minimum Gasteiger partial charge on any atom is -0.314 e. The lowest BCUT2D eigenvalue weighted by Crippen LogP contribution is -2.32. The molecule has 0 spiro atoms. The standard InChI is InChI=1S/C15H19NS/c1-2-16-15(11-14-8-9-17-12-14)10-13-6-4-3-5-7-13/h3-9,12,15-16H,2,10-11H2,1H3. The minimum absolute atomic E-state index is 0.539. The molecule has 1 atom stereocenters. The third-order valence-electron chi connectivity index (χ3n) is 2.88. The Kier molecular flexibility index (Phi) is 4.77. The van der Waals surface area contributed by atoms with Crippen molar-refractivity contribution in [1.29, 1.82) is 0 Å². The normalized spacial score (nSPS) is 12.5. The number of hydrogen-bond acceptors (Lipinski definition) is 2. The molecule has 1 N–H and O–H groups in total. The van der Waals surface area contributed by atoms with Gasteiger partial charge in [0.05, 0.1) is 0 Å². The Bertz CT molecular complexity index is 408. The maximum atomic E-state index is 3.57. The van der Waals surface area contributed by atoms with Crippen molar-refractivity contribution in [2.75, 3.05) is 6.54 Å². The fourth-order valence-corrected chi connectivity index (χ4v) is 2.78. The van der Waals surface area contributed by atoms with Gasteiger partial charge in [0, 0.05) is 6.04 Å². The largest absolute Gasteiger partial charge is 0.314 e. The SMILES string of the molecule is CCNC(Cc1ccccc1)Cc1ccsc1. The van der Waals surface area contributed by atoms with Gasteiger partial charge in [0.15, 0.2) is 0 Å². The van der Waals surface area contributed by atoms with Crippen LogP contribution in [0.4, 0.5) is 0 Å². The van der Waals surface area contributed by atoms with E-state index < -0.39 is 0 Å². The van der Waals surface area contributed by atoms with Crippen molar-refractivity contribution in [3.05, 3.63) is 58.3 Å². The van der Waals surface area contributed by atoms with Gasteiger partial charge in [0.1, 0.15) is 0 Å². The van der Waals surface area contributed by atoms with Crippen molar-refractivity contribution in [3.8, 4) is 0 Å². The lowest BCUT2D eigenvalue weighted by atomic mass is 10.0. The van der Waals surface area contributed by atoms with Gasteiger partial charge in [-0.1, -0.05) is 37.3 Å². The fraction of sp³-hybridized carbons (Fsp3) is 0.333. The second kappa shape index (κ2) is 6.58. The molecule has 1 unspecified atom stereocenters. The zero-order valence-electron chi connectivity index (χ0n) is 10.2. The molecule has 0 bridgehead atoms. The molecule has 0 aliphatic rings. The van der Waals surface area contributed by atoms with Gasteiger partial charge < -0.3 is 5.32 Å². The van der Waals surface area contributed by atoms with Crippen LogP contribution in [0.15, 0.2) is 47.2 Å². The molecular weight excluding hydrogens is 226 g/mol. The predicted octanol–water partition coefficient (Wildman–Crippen LogP) is 3.51.